The predicted molar refractivity (Wildman–Crippen MR) is 126 cm³/mol. The molecular formula is C25H20BrNO3S. The van der Waals surface area contributed by atoms with Gasteiger partial charge in [-0.05, 0) is 52.5 Å². The fourth-order valence-corrected chi connectivity index (χ4v) is 6.84. The summed E-state index contributed by atoms with van der Waals surface area (Å²) in [6.45, 7) is 0.620. The number of rotatable bonds is 2. The molecule has 1 fully saturated rings. The third-order valence-corrected chi connectivity index (χ3v) is 8.33. The summed E-state index contributed by atoms with van der Waals surface area (Å²) in [6, 6.07) is 10.9. The minimum absolute atomic E-state index is 0.0997. The number of hydrogen-bond acceptors (Lipinski definition) is 4. The number of thioether (sulfide) groups is 1. The van der Waals surface area contributed by atoms with Crippen molar-refractivity contribution < 1.29 is 14.3 Å². The third-order valence-electron chi connectivity index (χ3n) is 6.56. The number of carbonyl (C=O) groups excluding carboxylic acids is 2. The minimum Gasteiger partial charge on any atom is -0.453 e. The second-order valence-corrected chi connectivity index (χ2v) is 10.4. The van der Waals surface area contributed by atoms with Gasteiger partial charge in [-0.15, -0.1) is 11.8 Å². The fourth-order valence-electron chi connectivity index (χ4n) is 5.09. The van der Waals surface area contributed by atoms with E-state index in [0.29, 0.717) is 6.54 Å². The van der Waals surface area contributed by atoms with Gasteiger partial charge < -0.3 is 9.64 Å². The number of ether oxygens (including phenoxy) is 1. The number of allylic oxidation sites excluding steroid dienone is 2. The molecule has 2 aromatic carbocycles. The number of carbonyl (C=O) groups is 2. The van der Waals surface area contributed by atoms with Crippen molar-refractivity contribution in [1.29, 1.82) is 0 Å². The molecule has 6 heteroatoms. The number of fused-ring (bicyclic) bond motifs is 1. The van der Waals surface area contributed by atoms with E-state index in [4.69, 9.17) is 4.74 Å². The maximum absolute atomic E-state index is 13.5. The molecule has 3 unspecified atom stereocenters. The summed E-state index contributed by atoms with van der Waals surface area (Å²) >= 11 is 5.24. The zero-order valence-electron chi connectivity index (χ0n) is 16.7. The van der Waals surface area contributed by atoms with Crippen LogP contribution in [0, 0.1) is 5.92 Å². The Bertz CT molecular complexity index is 1220. The molecule has 156 valence electrons. The molecule has 31 heavy (non-hydrogen) atoms. The van der Waals surface area contributed by atoms with Crippen LogP contribution in [0.2, 0.25) is 0 Å². The lowest BCUT2D eigenvalue weighted by molar-refractivity contribution is -0.147. The highest BCUT2D eigenvalue weighted by atomic mass is 79.9. The predicted octanol–water partition coefficient (Wildman–Crippen LogP) is 4.83. The van der Waals surface area contributed by atoms with Crippen molar-refractivity contribution in [2.45, 2.75) is 24.3 Å². The summed E-state index contributed by atoms with van der Waals surface area (Å²) in [5.41, 5.74) is 4.08. The van der Waals surface area contributed by atoms with Gasteiger partial charge in [0.2, 0.25) is 0 Å². The average molecular weight is 494 g/mol. The number of halogens is 1. The standard InChI is InChI=1S/C25H20BrNO3S/c26-17-7-9-21-16(12-17)13-20(25(29)30-21)23(28)27-10-11-31-24(27)19-8-6-15-5-4-14-2-1-3-18(19)22(14)15/h1-3,6-9,12-13,16,21,24H,4-5,10-11H2. The van der Waals surface area contributed by atoms with Gasteiger partial charge in [-0.3, -0.25) is 4.79 Å². The third kappa shape index (κ3) is 3.11. The maximum atomic E-state index is 13.5. The van der Waals surface area contributed by atoms with E-state index in [1.807, 2.05) is 23.1 Å². The Kier molecular flexibility index (Phi) is 4.62. The van der Waals surface area contributed by atoms with Crippen molar-refractivity contribution in [3.63, 3.8) is 0 Å². The molecule has 2 heterocycles. The van der Waals surface area contributed by atoms with E-state index in [-0.39, 0.29) is 28.9 Å². The van der Waals surface area contributed by atoms with Crippen molar-refractivity contribution in [3.05, 3.63) is 81.4 Å². The van der Waals surface area contributed by atoms with Crippen LogP contribution in [-0.4, -0.2) is 35.2 Å². The molecule has 3 atom stereocenters. The zero-order valence-corrected chi connectivity index (χ0v) is 19.1. The summed E-state index contributed by atoms with van der Waals surface area (Å²) in [4.78, 5) is 28.0. The summed E-state index contributed by atoms with van der Waals surface area (Å²) in [5, 5.41) is 2.48. The molecule has 1 amide bonds. The fraction of sp³-hybridized carbons (Fsp3) is 0.280. The van der Waals surface area contributed by atoms with Crippen LogP contribution in [0.3, 0.4) is 0 Å². The van der Waals surface area contributed by atoms with Crippen LogP contribution < -0.4 is 0 Å². The molecule has 2 aliphatic heterocycles. The molecular weight excluding hydrogens is 474 g/mol. The van der Waals surface area contributed by atoms with E-state index < -0.39 is 5.97 Å². The first kappa shape index (κ1) is 19.4. The lowest BCUT2D eigenvalue weighted by Crippen LogP contribution is -2.39. The second-order valence-electron chi connectivity index (χ2n) is 8.31. The van der Waals surface area contributed by atoms with Crippen molar-refractivity contribution in [3.8, 4) is 0 Å². The summed E-state index contributed by atoms with van der Waals surface area (Å²) in [5.74, 6) is -0.0391. The van der Waals surface area contributed by atoms with Gasteiger partial charge in [0.1, 0.15) is 17.1 Å². The van der Waals surface area contributed by atoms with Crippen molar-refractivity contribution >= 4 is 50.3 Å². The van der Waals surface area contributed by atoms with Crippen LogP contribution in [0.15, 0.2) is 64.7 Å². The van der Waals surface area contributed by atoms with Gasteiger partial charge in [-0.25, -0.2) is 4.79 Å². The number of benzene rings is 2. The molecule has 0 aromatic heterocycles. The van der Waals surface area contributed by atoms with Crippen LogP contribution >= 0.6 is 27.7 Å². The Hall–Kier alpha value is -2.31. The Balaban J connectivity index is 1.37. The van der Waals surface area contributed by atoms with Gasteiger partial charge in [0.25, 0.3) is 5.91 Å². The molecule has 4 nitrogen and oxygen atoms in total. The maximum Gasteiger partial charge on any atom is 0.344 e. The molecule has 0 saturated carbocycles. The van der Waals surface area contributed by atoms with E-state index in [2.05, 4.69) is 46.3 Å². The molecule has 0 radical (unpaired) electrons. The van der Waals surface area contributed by atoms with Gasteiger partial charge in [0.15, 0.2) is 0 Å². The summed E-state index contributed by atoms with van der Waals surface area (Å²) in [7, 11) is 0. The first-order valence-corrected chi connectivity index (χ1v) is 12.4. The lowest BCUT2D eigenvalue weighted by Gasteiger charge is -2.31. The Morgan fingerprint density at radius 3 is 2.84 bits per heavy atom. The van der Waals surface area contributed by atoms with Crippen LogP contribution in [0.5, 0.6) is 0 Å². The Labute approximate surface area is 193 Å². The van der Waals surface area contributed by atoms with Crippen LogP contribution in [0.1, 0.15) is 22.1 Å². The second kappa shape index (κ2) is 7.38. The first-order valence-electron chi connectivity index (χ1n) is 10.5. The molecule has 2 aromatic rings. The molecule has 0 spiro atoms. The minimum atomic E-state index is -0.529. The molecule has 2 aliphatic carbocycles. The highest BCUT2D eigenvalue weighted by Gasteiger charge is 2.39. The molecule has 6 rings (SSSR count). The van der Waals surface area contributed by atoms with Crippen molar-refractivity contribution in [1.82, 2.24) is 4.90 Å². The number of esters is 1. The monoisotopic (exact) mass is 493 g/mol. The highest BCUT2D eigenvalue weighted by molar-refractivity contribution is 9.11. The summed E-state index contributed by atoms with van der Waals surface area (Å²) < 4.78 is 6.50. The van der Waals surface area contributed by atoms with Crippen molar-refractivity contribution in [2.75, 3.05) is 12.3 Å². The number of nitrogens with zero attached hydrogens (tertiary/aromatic N) is 1. The van der Waals surface area contributed by atoms with Crippen LogP contribution in [0.25, 0.3) is 10.8 Å². The average Bonchev–Trinajstić information content (AvgIpc) is 3.42. The number of amides is 1. The van der Waals surface area contributed by atoms with E-state index in [9.17, 15) is 9.59 Å². The number of aryl methyl sites for hydroxylation is 2. The van der Waals surface area contributed by atoms with Crippen LogP contribution in [0.4, 0.5) is 0 Å². The molecule has 0 N–H and O–H groups in total. The van der Waals surface area contributed by atoms with Gasteiger partial charge >= 0.3 is 5.97 Å². The zero-order chi connectivity index (χ0) is 21.1. The molecule has 4 aliphatic rings. The van der Waals surface area contributed by atoms with Gasteiger partial charge in [0.05, 0.1) is 0 Å². The SMILES string of the molecule is O=C1OC2C=CC(Br)=CC2C=C1C(=O)N1CCSC1c1ccc2c3c(cccc13)CC2. The Morgan fingerprint density at radius 2 is 1.97 bits per heavy atom. The van der Waals surface area contributed by atoms with Crippen molar-refractivity contribution in [2.24, 2.45) is 5.92 Å². The normalized spacial score (nSPS) is 26.5. The number of hydrogen-bond donors (Lipinski definition) is 0. The highest BCUT2D eigenvalue weighted by Crippen LogP contribution is 2.44. The smallest absolute Gasteiger partial charge is 0.344 e. The van der Waals surface area contributed by atoms with Gasteiger partial charge in [0, 0.05) is 22.7 Å². The first-order chi connectivity index (χ1) is 15.1. The van der Waals surface area contributed by atoms with Crippen LogP contribution in [-0.2, 0) is 27.2 Å². The molecule has 0 bridgehead atoms. The quantitative estimate of drug-likeness (QED) is 0.444. The largest absolute Gasteiger partial charge is 0.453 e. The van der Waals surface area contributed by atoms with E-state index >= 15 is 0 Å². The van der Waals surface area contributed by atoms with Gasteiger partial charge in [-0.2, -0.15) is 0 Å². The Morgan fingerprint density at radius 1 is 1.13 bits per heavy atom. The lowest BCUT2D eigenvalue weighted by atomic mass is 9.92. The van der Waals surface area contributed by atoms with Gasteiger partial charge in [-0.1, -0.05) is 58.4 Å². The summed E-state index contributed by atoms with van der Waals surface area (Å²) in [6.07, 6.45) is 9.29. The topological polar surface area (TPSA) is 46.6 Å². The van der Waals surface area contributed by atoms with E-state index in [1.165, 1.54) is 21.9 Å². The van der Waals surface area contributed by atoms with E-state index in [1.54, 1.807) is 17.8 Å². The van der Waals surface area contributed by atoms with E-state index in [0.717, 1.165) is 28.6 Å². The molecule has 1 saturated heterocycles.